The molecule has 1 saturated heterocycles. The van der Waals surface area contributed by atoms with Gasteiger partial charge < -0.3 is 14.5 Å². The van der Waals surface area contributed by atoms with Crippen LogP contribution < -0.4 is 0 Å². The van der Waals surface area contributed by atoms with Gasteiger partial charge in [-0.25, -0.2) is 0 Å². The maximum Gasteiger partial charge on any atom is 0.248 e. The van der Waals surface area contributed by atoms with E-state index in [2.05, 4.69) is 4.90 Å². The fraction of sp³-hybridized carbons (Fsp3) is 0.579. The van der Waals surface area contributed by atoms with Crippen molar-refractivity contribution < 1.29 is 14.3 Å². The number of rotatable bonds is 7. The Balaban J connectivity index is 2.15. The number of methoxy groups -OCH3 is 1. The number of likely N-dealkylation sites (N-methyl/N-ethyl adjacent to an activating group) is 1. The molecule has 1 atom stereocenters. The molecule has 1 aromatic carbocycles. The van der Waals surface area contributed by atoms with Gasteiger partial charge in [-0.15, -0.1) is 0 Å². The number of ether oxygens (including phenoxy) is 1. The van der Waals surface area contributed by atoms with Crippen LogP contribution in [0, 0.1) is 0 Å². The van der Waals surface area contributed by atoms with Gasteiger partial charge in [-0.2, -0.15) is 0 Å². The summed E-state index contributed by atoms with van der Waals surface area (Å²) in [5.74, 6) is 0.140. The minimum atomic E-state index is -0.291. The van der Waals surface area contributed by atoms with Crippen molar-refractivity contribution in [2.24, 2.45) is 0 Å². The molecule has 0 saturated carbocycles. The van der Waals surface area contributed by atoms with Crippen molar-refractivity contribution in [3.8, 4) is 0 Å². The molecule has 25 heavy (non-hydrogen) atoms. The van der Waals surface area contributed by atoms with Crippen LogP contribution in [-0.2, 0) is 14.3 Å². The molecule has 0 bridgehead atoms. The quantitative estimate of drug-likeness (QED) is 0.748. The summed E-state index contributed by atoms with van der Waals surface area (Å²) in [6.07, 6.45) is 0. The van der Waals surface area contributed by atoms with E-state index < -0.39 is 0 Å². The SMILES string of the molecule is CCN(CC)C(=O)[C@@H](c1ccccc1)N1CCN(C(=O)COC)CC1. The van der Waals surface area contributed by atoms with Crippen LogP contribution in [0.1, 0.15) is 25.5 Å². The third-order valence-corrected chi connectivity index (χ3v) is 4.72. The first-order chi connectivity index (χ1) is 12.1. The molecular weight excluding hydrogens is 318 g/mol. The predicted octanol–water partition coefficient (Wildman–Crippen LogP) is 1.39. The van der Waals surface area contributed by atoms with Crippen LogP contribution in [0.25, 0.3) is 0 Å². The van der Waals surface area contributed by atoms with Crippen LogP contribution in [0.4, 0.5) is 0 Å². The van der Waals surface area contributed by atoms with E-state index >= 15 is 0 Å². The summed E-state index contributed by atoms with van der Waals surface area (Å²) in [4.78, 5) is 31.0. The highest BCUT2D eigenvalue weighted by Gasteiger charge is 2.33. The maximum absolute atomic E-state index is 13.1. The molecule has 6 nitrogen and oxygen atoms in total. The zero-order valence-electron chi connectivity index (χ0n) is 15.5. The Morgan fingerprint density at radius 3 is 2.20 bits per heavy atom. The number of amides is 2. The second-order valence-electron chi connectivity index (χ2n) is 6.17. The first kappa shape index (κ1) is 19.4. The van der Waals surface area contributed by atoms with Gasteiger partial charge in [0.25, 0.3) is 0 Å². The van der Waals surface area contributed by atoms with E-state index in [0.29, 0.717) is 39.3 Å². The third-order valence-electron chi connectivity index (χ3n) is 4.72. The van der Waals surface area contributed by atoms with Gasteiger partial charge in [0.15, 0.2) is 0 Å². The van der Waals surface area contributed by atoms with Crippen molar-refractivity contribution >= 4 is 11.8 Å². The van der Waals surface area contributed by atoms with Crippen LogP contribution in [0.5, 0.6) is 0 Å². The molecule has 6 heteroatoms. The van der Waals surface area contributed by atoms with E-state index in [-0.39, 0.29) is 24.5 Å². The lowest BCUT2D eigenvalue weighted by atomic mass is 10.0. The Bertz CT molecular complexity index is 552. The number of piperazine rings is 1. The van der Waals surface area contributed by atoms with E-state index in [1.807, 2.05) is 54.0 Å². The third kappa shape index (κ3) is 4.80. The molecule has 1 aliphatic heterocycles. The molecule has 138 valence electrons. The smallest absolute Gasteiger partial charge is 0.248 e. The summed E-state index contributed by atoms with van der Waals surface area (Å²) in [7, 11) is 1.53. The number of carbonyl (C=O) groups excluding carboxylic acids is 2. The van der Waals surface area contributed by atoms with E-state index in [9.17, 15) is 9.59 Å². The van der Waals surface area contributed by atoms with Gasteiger partial charge >= 0.3 is 0 Å². The lowest BCUT2D eigenvalue weighted by molar-refractivity contribution is -0.140. The topological polar surface area (TPSA) is 53.1 Å². The maximum atomic E-state index is 13.1. The van der Waals surface area contributed by atoms with Crippen molar-refractivity contribution in [2.45, 2.75) is 19.9 Å². The second-order valence-corrected chi connectivity index (χ2v) is 6.17. The van der Waals surface area contributed by atoms with Gasteiger partial charge in [0.05, 0.1) is 0 Å². The lowest BCUT2D eigenvalue weighted by Gasteiger charge is -2.40. The average Bonchev–Trinajstić information content (AvgIpc) is 2.64. The average molecular weight is 347 g/mol. The van der Waals surface area contributed by atoms with Crippen molar-refractivity contribution in [2.75, 3.05) is 53.0 Å². The molecule has 1 fully saturated rings. The summed E-state index contributed by atoms with van der Waals surface area (Å²) in [6, 6.07) is 9.62. The number of hydrogen-bond donors (Lipinski definition) is 0. The van der Waals surface area contributed by atoms with Crippen LogP contribution in [0.2, 0.25) is 0 Å². The molecule has 1 heterocycles. The highest BCUT2D eigenvalue weighted by molar-refractivity contribution is 5.83. The van der Waals surface area contributed by atoms with Gasteiger partial charge in [0.2, 0.25) is 11.8 Å². The minimum absolute atomic E-state index is 0.00785. The zero-order valence-corrected chi connectivity index (χ0v) is 15.5. The molecule has 2 rings (SSSR count). The van der Waals surface area contributed by atoms with E-state index in [1.165, 1.54) is 7.11 Å². The number of carbonyl (C=O) groups is 2. The van der Waals surface area contributed by atoms with Crippen molar-refractivity contribution in [1.29, 1.82) is 0 Å². The fourth-order valence-electron chi connectivity index (χ4n) is 3.30. The first-order valence-electron chi connectivity index (χ1n) is 8.96. The van der Waals surface area contributed by atoms with E-state index in [4.69, 9.17) is 4.74 Å². The standard InChI is InChI=1S/C19H29N3O3/c1-4-20(5-2)19(24)18(16-9-7-6-8-10-16)22-13-11-21(12-14-22)17(23)15-25-3/h6-10,18H,4-5,11-15H2,1-3H3/t18-/m1/s1. The van der Waals surface area contributed by atoms with Gasteiger partial charge in [-0.05, 0) is 19.4 Å². The van der Waals surface area contributed by atoms with Crippen LogP contribution in [0.15, 0.2) is 30.3 Å². The molecule has 0 radical (unpaired) electrons. The summed E-state index contributed by atoms with van der Waals surface area (Å²) < 4.78 is 4.93. The Kier molecular flexibility index (Phi) is 7.40. The van der Waals surface area contributed by atoms with Crippen LogP contribution in [0.3, 0.4) is 0 Å². The molecule has 2 amide bonds. The number of hydrogen-bond acceptors (Lipinski definition) is 4. The summed E-state index contributed by atoms with van der Waals surface area (Å²) in [5, 5.41) is 0. The normalized spacial score (nSPS) is 16.5. The van der Waals surface area contributed by atoms with Crippen molar-refractivity contribution in [1.82, 2.24) is 14.7 Å². The van der Waals surface area contributed by atoms with Crippen LogP contribution >= 0.6 is 0 Å². The predicted molar refractivity (Wildman–Crippen MR) is 97.1 cm³/mol. The lowest BCUT2D eigenvalue weighted by Crippen LogP contribution is -2.53. The minimum Gasteiger partial charge on any atom is -0.375 e. The Morgan fingerprint density at radius 1 is 1.08 bits per heavy atom. The van der Waals surface area contributed by atoms with Gasteiger partial charge in [-0.3, -0.25) is 14.5 Å². The highest BCUT2D eigenvalue weighted by atomic mass is 16.5. The highest BCUT2D eigenvalue weighted by Crippen LogP contribution is 2.24. The monoisotopic (exact) mass is 347 g/mol. The first-order valence-corrected chi connectivity index (χ1v) is 8.96. The summed E-state index contributed by atoms with van der Waals surface area (Å²) in [5.41, 5.74) is 1.01. The Labute approximate surface area is 150 Å². The molecule has 0 unspecified atom stereocenters. The summed E-state index contributed by atoms with van der Waals surface area (Å²) >= 11 is 0. The molecule has 1 aromatic rings. The molecule has 0 aliphatic carbocycles. The Hall–Kier alpha value is -1.92. The molecule has 0 N–H and O–H groups in total. The van der Waals surface area contributed by atoms with E-state index in [0.717, 1.165) is 5.56 Å². The number of benzene rings is 1. The fourth-order valence-corrected chi connectivity index (χ4v) is 3.30. The van der Waals surface area contributed by atoms with Crippen molar-refractivity contribution in [3.63, 3.8) is 0 Å². The van der Waals surface area contributed by atoms with Crippen molar-refractivity contribution in [3.05, 3.63) is 35.9 Å². The molecule has 0 spiro atoms. The van der Waals surface area contributed by atoms with Crippen LogP contribution in [-0.4, -0.2) is 79.5 Å². The molecular formula is C19H29N3O3. The van der Waals surface area contributed by atoms with E-state index in [1.54, 1.807) is 0 Å². The zero-order chi connectivity index (χ0) is 18.2. The Morgan fingerprint density at radius 2 is 1.68 bits per heavy atom. The second kappa shape index (κ2) is 9.53. The molecule has 0 aromatic heterocycles. The molecule has 1 aliphatic rings. The number of nitrogens with zero attached hydrogens (tertiary/aromatic N) is 3. The van der Waals surface area contributed by atoms with Gasteiger partial charge in [-0.1, -0.05) is 30.3 Å². The van der Waals surface area contributed by atoms with Gasteiger partial charge in [0, 0.05) is 46.4 Å². The summed E-state index contributed by atoms with van der Waals surface area (Å²) in [6.45, 7) is 8.13. The van der Waals surface area contributed by atoms with Gasteiger partial charge in [0.1, 0.15) is 12.6 Å². The largest absolute Gasteiger partial charge is 0.375 e.